The Morgan fingerprint density at radius 1 is 0.947 bits per heavy atom. The molecule has 2 aromatic carbocycles. The highest BCUT2D eigenvalue weighted by atomic mass is 16.1. The van der Waals surface area contributed by atoms with Crippen molar-refractivity contribution in [3.05, 3.63) is 70.6 Å². The van der Waals surface area contributed by atoms with Crippen molar-refractivity contribution < 1.29 is 4.79 Å². The standard InChI is InChI=1S/C17H15NO/c18-11-15(12-6-2-1-3-7-12)17-14-9-5-4-8-13(14)10-16(17)19/h1-10,15H,11,18H2. The monoisotopic (exact) mass is 249 g/mol. The van der Waals surface area contributed by atoms with Gasteiger partial charge in [0.1, 0.15) is 0 Å². The van der Waals surface area contributed by atoms with Crippen LogP contribution in [0.15, 0.2) is 54.6 Å². The lowest BCUT2D eigenvalue weighted by Gasteiger charge is -2.16. The molecule has 94 valence electrons. The Bertz CT molecular complexity index is 731. The van der Waals surface area contributed by atoms with Crippen molar-refractivity contribution in [2.75, 3.05) is 6.54 Å². The first-order valence-corrected chi connectivity index (χ1v) is 6.41. The third kappa shape index (κ3) is 2.00. The van der Waals surface area contributed by atoms with Gasteiger partial charge in [-0.3, -0.25) is 4.79 Å². The van der Waals surface area contributed by atoms with Crippen LogP contribution in [-0.2, 0) is 4.79 Å². The first-order chi connectivity index (χ1) is 9.31. The smallest absolute Gasteiger partial charge is 0.183 e. The Hall–Kier alpha value is -2.19. The van der Waals surface area contributed by atoms with Crippen LogP contribution in [0, 0.1) is 0 Å². The summed E-state index contributed by atoms with van der Waals surface area (Å²) in [6, 6.07) is 17.9. The van der Waals surface area contributed by atoms with Gasteiger partial charge >= 0.3 is 0 Å². The Balaban J connectivity index is 2.22. The van der Waals surface area contributed by atoms with E-state index in [1.165, 1.54) is 0 Å². The molecule has 0 saturated carbocycles. The highest BCUT2D eigenvalue weighted by Gasteiger charge is 2.23. The topological polar surface area (TPSA) is 43.1 Å². The lowest BCUT2D eigenvalue weighted by Crippen LogP contribution is -2.26. The molecule has 1 unspecified atom stereocenters. The molecular formula is C17H15NO. The van der Waals surface area contributed by atoms with E-state index in [1.54, 1.807) is 6.08 Å². The number of ketones is 1. The first-order valence-electron chi connectivity index (χ1n) is 6.41. The number of carbonyl (C=O) groups is 1. The summed E-state index contributed by atoms with van der Waals surface area (Å²) in [6.07, 6.45) is 1.70. The zero-order chi connectivity index (χ0) is 13.2. The average Bonchev–Trinajstić information content (AvgIpc) is 2.78. The van der Waals surface area contributed by atoms with E-state index < -0.39 is 0 Å². The SMILES string of the molecule is NCC(C1=c2ccccc2=CC1=O)c1ccccc1. The molecule has 1 aliphatic carbocycles. The van der Waals surface area contributed by atoms with Crippen molar-refractivity contribution in [1.82, 2.24) is 0 Å². The summed E-state index contributed by atoms with van der Waals surface area (Å²) < 4.78 is 0. The summed E-state index contributed by atoms with van der Waals surface area (Å²) in [5, 5.41) is 2.02. The van der Waals surface area contributed by atoms with E-state index in [0.717, 1.165) is 21.6 Å². The van der Waals surface area contributed by atoms with Gasteiger partial charge in [-0.2, -0.15) is 0 Å². The molecule has 2 aromatic rings. The highest BCUT2D eigenvalue weighted by molar-refractivity contribution is 6.33. The Labute approximate surface area is 111 Å². The largest absolute Gasteiger partial charge is 0.330 e. The van der Waals surface area contributed by atoms with Gasteiger partial charge in [-0.25, -0.2) is 0 Å². The van der Waals surface area contributed by atoms with Crippen LogP contribution in [-0.4, -0.2) is 12.3 Å². The molecule has 0 radical (unpaired) electrons. The van der Waals surface area contributed by atoms with E-state index in [1.807, 2.05) is 54.6 Å². The average molecular weight is 249 g/mol. The van der Waals surface area contributed by atoms with Gasteiger partial charge in [-0.05, 0) is 22.1 Å². The molecule has 0 spiro atoms. The Morgan fingerprint density at radius 2 is 1.63 bits per heavy atom. The van der Waals surface area contributed by atoms with E-state index in [0.29, 0.717) is 6.54 Å². The lowest BCUT2D eigenvalue weighted by atomic mass is 9.89. The van der Waals surface area contributed by atoms with E-state index in [9.17, 15) is 4.79 Å². The normalized spacial score (nSPS) is 15.0. The lowest BCUT2D eigenvalue weighted by molar-refractivity contribution is -0.108. The van der Waals surface area contributed by atoms with Crippen molar-refractivity contribution >= 4 is 17.4 Å². The van der Waals surface area contributed by atoms with Crippen LogP contribution in [0.5, 0.6) is 0 Å². The molecule has 0 aliphatic heterocycles. The van der Waals surface area contributed by atoms with Crippen LogP contribution >= 0.6 is 0 Å². The third-order valence-electron chi connectivity index (χ3n) is 3.59. The number of benzene rings is 2. The van der Waals surface area contributed by atoms with Crippen molar-refractivity contribution in [2.45, 2.75) is 5.92 Å². The molecule has 2 heteroatoms. The van der Waals surface area contributed by atoms with Gasteiger partial charge < -0.3 is 5.73 Å². The Kier molecular flexibility index (Phi) is 3.02. The molecule has 0 heterocycles. The minimum absolute atomic E-state index is 0.0337. The minimum Gasteiger partial charge on any atom is -0.330 e. The summed E-state index contributed by atoms with van der Waals surface area (Å²) in [5.74, 6) is 0.0501. The molecule has 0 aromatic heterocycles. The van der Waals surface area contributed by atoms with Gasteiger partial charge in [0.15, 0.2) is 5.78 Å². The van der Waals surface area contributed by atoms with Crippen molar-refractivity contribution in [2.24, 2.45) is 5.73 Å². The molecule has 2 nitrogen and oxygen atoms in total. The summed E-state index contributed by atoms with van der Waals surface area (Å²) >= 11 is 0. The molecule has 0 bridgehead atoms. The number of Topliss-reactive ketones (excluding diaryl/α,β-unsaturated/α-hetero) is 1. The molecular weight excluding hydrogens is 234 g/mol. The van der Waals surface area contributed by atoms with Crippen LogP contribution < -0.4 is 16.2 Å². The number of hydrogen-bond acceptors (Lipinski definition) is 2. The van der Waals surface area contributed by atoms with Gasteiger partial charge in [-0.15, -0.1) is 0 Å². The van der Waals surface area contributed by atoms with E-state index >= 15 is 0 Å². The number of carbonyl (C=O) groups excluding carboxylic acids is 1. The second kappa shape index (κ2) is 4.82. The number of nitrogens with two attached hydrogens (primary N) is 1. The van der Waals surface area contributed by atoms with Crippen molar-refractivity contribution in [3.63, 3.8) is 0 Å². The van der Waals surface area contributed by atoms with Crippen molar-refractivity contribution in [3.8, 4) is 0 Å². The number of rotatable bonds is 3. The Morgan fingerprint density at radius 3 is 2.37 bits per heavy atom. The zero-order valence-corrected chi connectivity index (χ0v) is 10.5. The number of hydrogen-bond donors (Lipinski definition) is 1. The van der Waals surface area contributed by atoms with Gasteiger partial charge in [0, 0.05) is 18.0 Å². The maximum absolute atomic E-state index is 12.3. The highest BCUT2D eigenvalue weighted by Crippen LogP contribution is 2.25. The van der Waals surface area contributed by atoms with Crippen LogP contribution in [0.1, 0.15) is 11.5 Å². The number of fused-ring (bicyclic) bond motifs is 1. The van der Waals surface area contributed by atoms with Gasteiger partial charge in [0.25, 0.3) is 0 Å². The molecule has 19 heavy (non-hydrogen) atoms. The van der Waals surface area contributed by atoms with E-state index in [-0.39, 0.29) is 11.7 Å². The maximum Gasteiger partial charge on any atom is 0.183 e. The van der Waals surface area contributed by atoms with Crippen LogP contribution in [0.4, 0.5) is 0 Å². The van der Waals surface area contributed by atoms with Crippen LogP contribution in [0.25, 0.3) is 11.6 Å². The minimum atomic E-state index is -0.0337. The predicted molar refractivity (Wildman–Crippen MR) is 76.8 cm³/mol. The summed E-state index contributed by atoms with van der Waals surface area (Å²) in [5.41, 5.74) is 7.84. The van der Waals surface area contributed by atoms with Crippen LogP contribution in [0.2, 0.25) is 0 Å². The van der Waals surface area contributed by atoms with Gasteiger partial charge in [0.05, 0.1) is 0 Å². The molecule has 0 saturated heterocycles. The van der Waals surface area contributed by atoms with Crippen molar-refractivity contribution in [1.29, 1.82) is 0 Å². The first kappa shape index (κ1) is 11.9. The summed E-state index contributed by atoms with van der Waals surface area (Å²) in [6.45, 7) is 0.438. The van der Waals surface area contributed by atoms with E-state index in [4.69, 9.17) is 5.73 Å². The molecule has 2 N–H and O–H groups in total. The third-order valence-corrected chi connectivity index (χ3v) is 3.59. The molecule has 1 aliphatic rings. The van der Waals surface area contributed by atoms with E-state index in [2.05, 4.69) is 0 Å². The molecule has 1 atom stereocenters. The maximum atomic E-state index is 12.3. The zero-order valence-electron chi connectivity index (χ0n) is 10.5. The molecule has 0 fully saturated rings. The van der Waals surface area contributed by atoms with Crippen LogP contribution in [0.3, 0.4) is 0 Å². The van der Waals surface area contributed by atoms with Gasteiger partial charge in [0.2, 0.25) is 0 Å². The molecule has 0 amide bonds. The molecule has 3 rings (SSSR count). The summed E-state index contributed by atoms with van der Waals surface area (Å²) in [4.78, 5) is 12.3. The fraction of sp³-hybridized carbons (Fsp3) is 0.118. The summed E-state index contributed by atoms with van der Waals surface area (Å²) in [7, 11) is 0. The second-order valence-corrected chi connectivity index (χ2v) is 4.71. The predicted octanol–water partition coefficient (Wildman–Crippen LogP) is 0.943. The fourth-order valence-corrected chi connectivity index (χ4v) is 2.69. The quantitative estimate of drug-likeness (QED) is 0.880. The fourth-order valence-electron chi connectivity index (χ4n) is 2.69. The van der Waals surface area contributed by atoms with Gasteiger partial charge in [-0.1, -0.05) is 54.6 Å². The second-order valence-electron chi connectivity index (χ2n) is 4.71.